The van der Waals surface area contributed by atoms with Crippen LogP contribution < -0.4 is 0 Å². The third-order valence-corrected chi connectivity index (χ3v) is 4.84. The van der Waals surface area contributed by atoms with Gasteiger partial charge in [-0.15, -0.1) is 0 Å². The third kappa shape index (κ3) is 6.03. The van der Waals surface area contributed by atoms with Gasteiger partial charge >= 0.3 is 0 Å². The molecule has 0 N–H and O–H groups in total. The molecule has 0 fully saturated rings. The fourth-order valence-corrected chi connectivity index (χ4v) is 2.52. The molecule has 1 aromatic rings. The smallest absolute Gasteiger partial charge is 0.124 e. The molecule has 0 bridgehead atoms. The van der Waals surface area contributed by atoms with Gasteiger partial charge < -0.3 is 9.04 Å². The zero-order valence-corrected chi connectivity index (χ0v) is 14.0. The van der Waals surface area contributed by atoms with Crippen LogP contribution in [0.3, 0.4) is 0 Å². The molecular weight excluding hydrogens is 274 g/mol. The van der Waals surface area contributed by atoms with Crippen LogP contribution in [0.15, 0.2) is 29.2 Å². The van der Waals surface area contributed by atoms with Crippen molar-refractivity contribution in [2.75, 3.05) is 26.2 Å². The molecule has 0 aliphatic heterocycles. The number of hydrogen-bond donors (Lipinski definition) is 0. The summed E-state index contributed by atoms with van der Waals surface area (Å²) in [4.78, 5) is -0.178. The molecular formula is C15H27NO3S. The Balaban J connectivity index is 0.000000370. The van der Waals surface area contributed by atoms with Crippen molar-refractivity contribution >= 4 is 10.1 Å². The number of aryl methyl sites for hydroxylation is 1. The van der Waals surface area contributed by atoms with E-state index in [4.69, 9.17) is 0 Å². The standard InChI is InChI=1S/C8H20N.C7H8O3S/c1-5-9(6-2,7-3)8-4;1-6-2-4-7(5-3-6)11(8,9)10/h5-8H2,1-4H3;2-5H,1H3,(H,8,9,10)/q+1;/p-1. The fourth-order valence-electron chi connectivity index (χ4n) is 2.05. The topological polar surface area (TPSA) is 57.2 Å². The van der Waals surface area contributed by atoms with E-state index in [1.54, 1.807) is 12.1 Å². The van der Waals surface area contributed by atoms with E-state index in [0.717, 1.165) is 5.56 Å². The summed E-state index contributed by atoms with van der Waals surface area (Å²) in [6.45, 7) is 16.0. The second-order valence-corrected chi connectivity index (χ2v) is 6.25. The molecule has 0 aliphatic carbocycles. The Bertz CT molecular complexity index is 459. The van der Waals surface area contributed by atoms with Crippen molar-refractivity contribution in [3.05, 3.63) is 29.8 Å². The number of rotatable bonds is 5. The van der Waals surface area contributed by atoms with Crippen LogP contribution in [0.1, 0.15) is 33.3 Å². The summed E-state index contributed by atoms with van der Waals surface area (Å²) in [6.07, 6.45) is 0. The highest BCUT2D eigenvalue weighted by Crippen LogP contribution is 2.08. The van der Waals surface area contributed by atoms with Crippen LogP contribution in [0.4, 0.5) is 0 Å². The number of quaternary nitrogens is 1. The van der Waals surface area contributed by atoms with E-state index < -0.39 is 10.1 Å². The first kappa shape index (κ1) is 19.1. The summed E-state index contributed by atoms with van der Waals surface area (Å²) < 4.78 is 32.4. The van der Waals surface area contributed by atoms with E-state index in [1.807, 2.05) is 6.92 Å². The molecule has 0 radical (unpaired) electrons. The minimum absolute atomic E-state index is 0.178. The predicted molar refractivity (Wildman–Crippen MR) is 81.6 cm³/mol. The molecule has 0 heterocycles. The zero-order valence-electron chi connectivity index (χ0n) is 13.2. The normalized spacial score (nSPS) is 11.7. The average Bonchev–Trinajstić information content (AvgIpc) is 2.42. The van der Waals surface area contributed by atoms with Gasteiger partial charge in [0.2, 0.25) is 0 Å². The summed E-state index contributed by atoms with van der Waals surface area (Å²) >= 11 is 0. The lowest BCUT2D eigenvalue weighted by atomic mass is 10.2. The summed E-state index contributed by atoms with van der Waals surface area (Å²) in [5.41, 5.74) is 0.928. The molecule has 0 aromatic heterocycles. The van der Waals surface area contributed by atoms with Gasteiger partial charge in [0, 0.05) is 0 Å². The predicted octanol–water partition coefficient (Wildman–Crippen LogP) is 2.78. The van der Waals surface area contributed by atoms with E-state index >= 15 is 0 Å². The fraction of sp³-hybridized carbons (Fsp3) is 0.600. The third-order valence-electron chi connectivity index (χ3n) is 3.99. The van der Waals surface area contributed by atoms with Crippen LogP contribution in [0, 0.1) is 6.92 Å². The molecule has 5 heteroatoms. The maximum Gasteiger partial charge on any atom is 0.124 e. The average molecular weight is 301 g/mol. The maximum absolute atomic E-state index is 10.4. The maximum atomic E-state index is 10.4. The molecule has 20 heavy (non-hydrogen) atoms. The minimum atomic E-state index is -4.27. The quantitative estimate of drug-likeness (QED) is 0.620. The van der Waals surface area contributed by atoms with Gasteiger partial charge in [-0.05, 0) is 46.8 Å². The van der Waals surface area contributed by atoms with Crippen LogP contribution >= 0.6 is 0 Å². The first-order chi connectivity index (χ1) is 9.24. The van der Waals surface area contributed by atoms with Crippen molar-refractivity contribution in [1.82, 2.24) is 0 Å². The van der Waals surface area contributed by atoms with Gasteiger partial charge in [-0.25, -0.2) is 8.42 Å². The molecule has 4 nitrogen and oxygen atoms in total. The van der Waals surface area contributed by atoms with Crippen LogP contribution in [0.2, 0.25) is 0 Å². The first-order valence-corrected chi connectivity index (χ1v) is 8.53. The van der Waals surface area contributed by atoms with E-state index in [1.165, 1.54) is 42.8 Å². The SMILES string of the molecule is CC[N+](CC)(CC)CC.Cc1ccc(S(=O)(=O)[O-])cc1. The molecule has 0 spiro atoms. The highest BCUT2D eigenvalue weighted by Gasteiger charge is 2.16. The summed E-state index contributed by atoms with van der Waals surface area (Å²) in [6, 6.07) is 5.78. The van der Waals surface area contributed by atoms with E-state index in [0.29, 0.717) is 0 Å². The van der Waals surface area contributed by atoms with Gasteiger partial charge in [-0.2, -0.15) is 0 Å². The van der Waals surface area contributed by atoms with E-state index in [9.17, 15) is 13.0 Å². The van der Waals surface area contributed by atoms with Crippen LogP contribution in [0.25, 0.3) is 0 Å². The highest BCUT2D eigenvalue weighted by atomic mass is 32.2. The van der Waals surface area contributed by atoms with Gasteiger partial charge in [0.05, 0.1) is 31.1 Å². The largest absolute Gasteiger partial charge is 0.744 e. The lowest BCUT2D eigenvalue weighted by Crippen LogP contribution is -2.47. The lowest BCUT2D eigenvalue weighted by Gasteiger charge is -2.34. The first-order valence-electron chi connectivity index (χ1n) is 7.12. The molecule has 1 aromatic carbocycles. The lowest BCUT2D eigenvalue weighted by molar-refractivity contribution is -0.921. The summed E-state index contributed by atoms with van der Waals surface area (Å²) in [5, 5.41) is 0. The second kappa shape index (κ2) is 8.39. The van der Waals surface area contributed by atoms with Gasteiger partial charge in [0.25, 0.3) is 0 Å². The van der Waals surface area contributed by atoms with Crippen molar-refractivity contribution in [3.8, 4) is 0 Å². The minimum Gasteiger partial charge on any atom is -0.744 e. The van der Waals surface area contributed by atoms with E-state index in [2.05, 4.69) is 27.7 Å². The van der Waals surface area contributed by atoms with Crippen LogP contribution in [0.5, 0.6) is 0 Å². The molecule has 0 saturated carbocycles. The zero-order chi connectivity index (χ0) is 15.8. The molecule has 0 atom stereocenters. The number of nitrogens with zero attached hydrogens (tertiary/aromatic N) is 1. The van der Waals surface area contributed by atoms with Crippen molar-refractivity contribution in [2.45, 2.75) is 39.5 Å². The van der Waals surface area contributed by atoms with Gasteiger partial charge in [-0.1, -0.05) is 17.7 Å². The second-order valence-electron chi connectivity index (χ2n) is 4.87. The van der Waals surface area contributed by atoms with Crippen LogP contribution in [-0.4, -0.2) is 43.6 Å². The molecule has 0 unspecified atom stereocenters. The van der Waals surface area contributed by atoms with Crippen molar-refractivity contribution in [3.63, 3.8) is 0 Å². The molecule has 1 rings (SSSR count). The molecule has 0 aliphatic rings. The molecule has 0 saturated heterocycles. The van der Waals surface area contributed by atoms with Crippen molar-refractivity contribution in [1.29, 1.82) is 0 Å². The summed E-state index contributed by atoms with van der Waals surface area (Å²) in [5.74, 6) is 0. The Morgan fingerprint density at radius 2 is 1.25 bits per heavy atom. The van der Waals surface area contributed by atoms with Crippen molar-refractivity contribution < 1.29 is 17.5 Å². The van der Waals surface area contributed by atoms with Gasteiger partial charge in [-0.3, -0.25) is 0 Å². The van der Waals surface area contributed by atoms with Crippen molar-refractivity contribution in [2.24, 2.45) is 0 Å². The number of hydrogen-bond acceptors (Lipinski definition) is 3. The molecule has 0 amide bonds. The van der Waals surface area contributed by atoms with Gasteiger partial charge in [0.1, 0.15) is 10.1 Å². The number of benzene rings is 1. The highest BCUT2D eigenvalue weighted by molar-refractivity contribution is 7.85. The van der Waals surface area contributed by atoms with Crippen LogP contribution in [-0.2, 0) is 10.1 Å². The van der Waals surface area contributed by atoms with E-state index in [-0.39, 0.29) is 4.90 Å². The Morgan fingerprint density at radius 1 is 0.900 bits per heavy atom. The van der Waals surface area contributed by atoms with Gasteiger partial charge in [0.15, 0.2) is 0 Å². The molecule has 116 valence electrons. The monoisotopic (exact) mass is 301 g/mol. The Morgan fingerprint density at radius 3 is 1.45 bits per heavy atom. The Kier molecular flexibility index (Phi) is 8.01. The Hall–Kier alpha value is -0.910. The Labute approximate surface area is 123 Å². The summed E-state index contributed by atoms with van der Waals surface area (Å²) in [7, 11) is -4.27.